The highest BCUT2D eigenvalue weighted by Crippen LogP contribution is 2.13. The van der Waals surface area contributed by atoms with Gasteiger partial charge in [-0.05, 0) is 18.6 Å². The SMILES string of the molecule is CCCC(=O)NCc1cn2c(Cl)cccc2n1. The summed E-state index contributed by atoms with van der Waals surface area (Å²) in [6, 6.07) is 5.53. The Balaban J connectivity index is 2.10. The molecule has 1 amide bonds. The number of aromatic nitrogens is 2. The van der Waals surface area contributed by atoms with E-state index in [2.05, 4.69) is 10.3 Å². The molecule has 0 radical (unpaired) electrons. The summed E-state index contributed by atoms with van der Waals surface area (Å²) in [7, 11) is 0. The standard InChI is InChI=1S/C12H14ClN3O/c1-2-4-12(17)14-7-9-8-16-10(13)5-3-6-11(16)15-9/h3,5-6,8H,2,4,7H2,1H3,(H,14,17). The molecule has 1 N–H and O–H groups in total. The van der Waals surface area contributed by atoms with Crippen LogP contribution in [0.2, 0.25) is 5.15 Å². The molecule has 2 aromatic rings. The van der Waals surface area contributed by atoms with Gasteiger partial charge in [-0.2, -0.15) is 0 Å². The molecular formula is C12H14ClN3O. The minimum absolute atomic E-state index is 0.0515. The molecule has 17 heavy (non-hydrogen) atoms. The minimum atomic E-state index is 0.0515. The number of nitrogens with one attached hydrogen (secondary N) is 1. The van der Waals surface area contributed by atoms with Gasteiger partial charge in [0.2, 0.25) is 5.91 Å². The first-order valence-electron chi connectivity index (χ1n) is 5.60. The predicted molar refractivity (Wildman–Crippen MR) is 67.0 cm³/mol. The maximum Gasteiger partial charge on any atom is 0.220 e. The molecule has 2 heterocycles. The Morgan fingerprint density at radius 2 is 2.35 bits per heavy atom. The second-order valence-corrected chi connectivity index (χ2v) is 4.22. The Morgan fingerprint density at radius 3 is 3.06 bits per heavy atom. The number of fused-ring (bicyclic) bond motifs is 1. The van der Waals surface area contributed by atoms with E-state index in [4.69, 9.17) is 11.6 Å². The average Bonchev–Trinajstić information content (AvgIpc) is 2.71. The third-order valence-corrected chi connectivity index (χ3v) is 2.74. The number of halogens is 1. The topological polar surface area (TPSA) is 46.4 Å². The first-order chi connectivity index (χ1) is 8.20. The molecule has 0 saturated heterocycles. The number of rotatable bonds is 4. The molecule has 4 nitrogen and oxygen atoms in total. The Bertz CT molecular complexity index is 536. The van der Waals surface area contributed by atoms with Crippen LogP contribution in [0, 0.1) is 0 Å². The molecular weight excluding hydrogens is 238 g/mol. The predicted octanol–water partition coefficient (Wildman–Crippen LogP) is 2.40. The molecule has 0 atom stereocenters. The number of imidazole rings is 1. The summed E-state index contributed by atoms with van der Waals surface area (Å²) >= 11 is 6.02. The monoisotopic (exact) mass is 251 g/mol. The smallest absolute Gasteiger partial charge is 0.220 e. The van der Waals surface area contributed by atoms with Crippen molar-refractivity contribution in [2.45, 2.75) is 26.3 Å². The van der Waals surface area contributed by atoms with Gasteiger partial charge in [0.05, 0.1) is 12.2 Å². The van der Waals surface area contributed by atoms with Crippen molar-refractivity contribution < 1.29 is 4.79 Å². The molecule has 0 aliphatic heterocycles. The van der Waals surface area contributed by atoms with Crippen LogP contribution in [-0.4, -0.2) is 15.3 Å². The number of carbonyl (C=O) groups excluding carboxylic acids is 1. The van der Waals surface area contributed by atoms with E-state index in [1.54, 1.807) is 10.5 Å². The molecule has 5 heteroatoms. The fourth-order valence-electron chi connectivity index (χ4n) is 1.62. The van der Waals surface area contributed by atoms with Gasteiger partial charge in [-0.15, -0.1) is 0 Å². The van der Waals surface area contributed by atoms with Gasteiger partial charge in [0.15, 0.2) is 0 Å². The number of nitrogens with zero attached hydrogens (tertiary/aromatic N) is 2. The summed E-state index contributed by atoms with van der Waals surface area (Å²) in [6.07, 6.45) is 3.24. The van der Waals surface area contributed by atoms with Crippen LogP contribution in [0.1, 0.15) is 25.5 Å². The summed E-state index contributed by atoms with van der Waals surface area (Å²) in [5.41, 5.74) is 1.60. The molecule has 90 valence electrons. The number of hydrogen-bond acceptors (Lipinski definition) is 2. The molecule has 0 aliphatic rings. The molecule has 0 aromatic carbocycles. The Hall–Kier alpha value is -1.55. The fourth-order valence-corrected chi connectivity index (χ4v) is 1.83. The van der Waals surface area contributed by atoms with Crippen LogP contribution >= 0.6 is 11.6 Å². The van der Waals surface area contributed by atoms with E-state index < -0.39 is 0 Å². The quantitative estimate of drug-likeness (QED) is 0.849. The molecule has 0 aliphatic carbocycles. The molecule has 0 spiro atoms. The van der Waals surface area contributed by atoms with Gasteiger partial charge in [0.1, 0.15) is 10.8 Å². The van der Waals surface area contributed by atoms with E-state index in [-0.39, 0.29) is 5.91 Å². The van der Waals surface area contributed by atoms with Gasteiger partial charge in [-0.25, -0.2) is 4.98 Å². The van der Waals surface area contributed by atoms with E-state index >= 15 is 0 Å². The molecule has 2 rings (SSSR count). The zero-order valence-corrected chi connectivity index (χ0v) is 10.4. The lowest BCUT2D eigenvalue weighted by Gasteiger charge is -2.00. The maximum absolute atomic E-state index is 11.3. The lowest BCUT2D eigenvalue weighted by molar-refractivity contribution is -0.121. The van der Waals surface area contributed by atoms with Crippen LogP contribution in [0.5, 0.6) is 0 Å². The minimum Gasteiger partial charge on any atom is -0.350 e. The fraction of sp³-hybridized carbons (Fsp3) is 0.333. The summed E-state index contributed by atoms with van der Waals surface area (Å²) in [4.78, 5) is 15.7. The Labute approximate surface area is 105 Å². The third kappa shape index (κ3) is 2.77. The third-order valence-electron chi connectivity index (χ3n) is 2.44. The van der Waals surface area contributed by atoms with Gasteiger partial charge < -0.3 is 5.32 Å². The van der Waals surface area contributed by atoms with Crippen molar-refractivity contribution in [3.05, 3.63) is 35.2 Å². The van der Waals surface area contributed by atoms with E-state index in [1.807, 2.05) is 25.3 Å². The first kappa shape index (κ1) is 11.9. The zero-order chi connectivity index (χ0) is 12.3. The number of hydrogen-bond donors (Lipinski definition) is 1. The average molecular weight is 252 g/mol. The van der Waals surface area contributed by atoms with Crippen LogP contribution in [0.25, 0.3) is 5.65 Å². The molecule has 0 bridgehead atoms. The lowest BCUT2D eigenvalue weighted by atomic mass is 10.3. The van der Waals surface area contributed by atoms with Crippen molar-refractivity contribution in [2.24, 2.45) is 0 Å². The van der Waals surface area contributed by atoms with Gasteiger partial charge in [-0.1, -0.05) is 24.6 Å². The molecule has 2 aromatic heterocycles. The van der Waals surface area contributed by atoms with Crippen molar-refractivity contribution in [1.82, 2.24) is 14.7 Å². The largest absolute Gasteiger partial charge is 0.350 e. The second kappa shape index (κ2) is 5.19. The van der Waals surface area contributed by atoms with Gasteiger partial charge >= 0.3 is 0 Å². The first-order valence-corrected chi connectivity index (χ1v) is 5.97. The van der Waals surface area contributed by atoms with Crippen LogP contribution in [0.4, 0.5) is 0 Å². The molecule has 0 fully saturated rings. The maximum atomic E-state index is 11.3. The lowest BCUT2D eigenvalue weighted by Crippen LogP contribution is -2.22. The normalized spacial score (nSPS) is 10.7. The zero-order valence-electron chi connectivity index (χ0n) is 9.61. The summed E-state index contributed by atoms with van der Waals surface area (Å²) in [5, 5.41) is 3.43. The van der Waals surface area contributed by atoms with Crippen molar-refractivity contribution in [2.75, 3.05) is 0 Å². The van der Waals surface area contributed by atoms with E-state index in [0.717, 1.165) is 17.8 Å². The second-order valence-electron chi connectivity index (χ2n) is 3.84. The van der Waals surface area contributed by atoms with E-state index in [0.29, 0.717) is 18.1 Å². The highest BCUT2D eigenvalue weighted by Gasteiger charge is 2.05. The van der Waals surface area contributed by atoms with Crippen LogP contribution in [0.15, 0.2) is 24.4 Å². The van der Waals surface area contributed by atoms with Crippen molar-refractivity contribution in [1.29, 1.82) is 0 Å². The van der Waals surface area contributed by atoms with E-state index in [9.17, 15) is 4.79 Å². The number of amides is 1. The summed E-state index contributed by atoms with van der Waals surface area (Å²) in [5.74, 6) is 0.0515. The number of pyridine rings is 1. The van der Waals surface area contributed by atoms with Gasteiger partial charge in [0, 0.05) is 12.6 Å². The van der Waals surface area contributed by atoms with Crippen LogP contribution < -0.4 is 5.32 Å². The van der Waals surface area contributed by atoms with Crippen LogP contribution in [0.3, 0.4) is 0 Å². The number of carbonyl (C=O) groups is 1. The molecule has 0 saturated carbocycles. The van der Waals surface area contributed by atoms with Gasteiger partial charge in [0.25, 0.3) is 0 Å². The summed E-state index contributed by atoms with van der Waals surface area (Å²) < 4.78 is 1.79. The highest BCUT2D eigenvalue weighted by atomic mass is 35.5. The van der Waals surface area contributed by atoms with Crippen molar-refractivity contribution >= 4 is 23.2 Å². The Kier molecular flexibility index (Phi) is 3.64. The Morgan fingerprint density at radius 1 is 1.53 bits per heavy atom. The molecule has 0 unspecified atom stereocenters. The highest BCUT2D eigenvalue weighted by molar-refractivity contribution is 6.29. The van der Waals surface area contributed by atoms with Crippen LogP contribution in [-0.2, 0) is 11.3 Å². The van der Waals surface area contributed by atoms with E-state index in [1.165, 1.54) is 0 Å². The van der Waals surface area contributed by atoms with Crippen molar-refractivity contribution in [3.8, 4) is 0 Å². The van der Waals surface area contributed by atoms with Crippen molar-refractivity contribution in [3.63, 3.8) is 0 Å². The van der Waals surface area contributed by atoms with Gasteiger partial charge in [-0.3, -0.25) is 9.20 Å². The summed E-state index contributed by atoms with van der Waals surface area (Å²) in [6.45, 7) is 2.42.